The third kappa shape index (κ3) is 3.21. The first kappa shape index (κ1) is 13.3. The van der Waals surface area contributed by atoms with Crippen molar-refractivity contribution in [2.45, 2.75) is 18.8 Å². The molecule has 1 aromatic carbocycles. The van der Waals surface area contributed by atoms with Crippen molar-refractivity contribution < 1.29 is 4.79 Å². The predicted octanol–water partition coefficient (Wildman–Crippen LogP) is 3.88. The second kappa shape index (κ2) is 6.16. The lowest BCUT2D eigenvalue weighted by Gasteiger charge is -2.06. The van der Waals surface area contributed by atoms with Gasteiger partial charge in [-0.1, -0.05) is 40.2 Å². The number of aryl methyl sites for hydroxylation is 1. The van der Waals surface area contributed by atoms with E-state index in [1.54, 1.807) is 0 Å². The van der Waals surface area contributed by atoms with Crippen molar-refractivity contribution in [2.24, 2.45) is 0 Å². The Morgan fingerprint density at radius 1 is 1.33 bits per heavy atom. The van der Waals surface area contributed by atoms with Crippen LogP contribution in [0.2, 0.25) is 0 Å². The van der Waals surface area contributed by atoms with Crippen LogP contribution in [-0.4, -0.2) is 5.91 Å². The molecule has 1 heterocycles. The van der Waals surface area contributed by atoms with E-state index in [4.69, 9.17) is 0 Å². The average molecular weight is 324 g/mol. The van der Waals surface area contributed by atoms with Gasteiger partial charge in [-0.2, -0.15) is 0 Å². The first-order valence-corrected chi connectivity index (χ1v) is 7.67. The maximum Gasteiger partial charge on any atom is 0.261 e. The van der Waals surface area contributed by atoms with Gasteiger partial charge in [0.15, 0.2) is 0 Å². The van der Waals surface area contributed by atoms with Crippen molar-refractivity contribution >= 4 is 33.2 Å². The molecule has 0 aliphatic carbocycles. The third-order valence-corrected chi connectivity index (χ3v) is 4.33. The summed E-state index contributed by atoms with van der Waals surface area (Å²) in [5.41, 5.74) is 3.37. The number of carbonyl (C=O) groups is 1. The lowest BCUT2D eigenvalue weighted by Crippen LogP contribution is -2.22. The van der Waals surface area contributed by atoms with E-state index >= 15 is 0 Å². The lowest BCUT2D eigenvalue weighted by molar-refractivity contribution is 0.0954. The number of nitrogens with one attached hydrogen (secondary N) is 1. The highest BCUT2D eigenvalue weighted by Gasteiger charge is 2.09. The van der Waals surface area contributed by atoms with Crippen LogP contribution in [0.15, 0.2) is 35.7 Å². The summed E-state index contributed by atoms with van der Waals surface area (Å²) < 4.78 is 0. The standard InChI is InChI=1S/C14H14BrNOS/c1-10-5-6-18-13(10)14(17)16-9-12-4-2-3-11(7-12)8-15/h2-7H,8-9H2,1H3,(H,16,17). The fourth-order valence-corrected chi connectivity index (χ4v) is 2.88. The molecule has 1 N–H and O–H groups in total. The molecule has 0 saturated heterocycles. The fourth-order valence-electron chi connectivity index (χ4n) is 1.69. The van der Waals surface area contributed by atoms with Crippen molar-refractivity contribution in [1.29, 1.82) is 0 Å². The van der Waals surface area contributed by atoms with Crippen molar-refractivity contribution in [3.63, 3.8) is 0 Å². The number of benzene rings is 1. The summed E-state index contributed by atoms with van der Waals surface area (Å²) in [5.74, 6) is 0.00625. The molecule has 0 spiro atoms. The number of rotatable bonds is 4. The van der Waals surface area contributed by atoms with Gasteiger partial charge in [-0.3, -0.25) is 4.79 Å². The van der Waals surface area contributed by atoms with Crippen LogP contribution < -0.4 is 5.32 Å². The Balaban J connectivity index is 1.99. The Morgan fingerprint density at radius 2 is 2.11 bits per heavy atom. The van der Waals surface area contributed by atoms with Gasteiger partial charge >= 0.3 is 0 Å². The van der Waals surface area contributed by atoms with Crippen LogP contribution in [0.3, 0.4) is 0 Å². The Bertz CT molecular complexity index is 550. The first-order chi connectivity index (χ1) is 8.70. The Morgan fingerprint density at radius 3 is 2.78 bits per heavy atom. The Labute approximate surface area is 119 Å². The Hall–Kier alpha value is -1.13. The molecule has 4 heteroatoms. The number of alkyl halides is 1. The molecule has 2 nitrogen and oxygen atoms in total. The van der Waals surface area contributed by atoms with Crippen molar-refractivity contribution in [2.75, 3.05) is 0 Å². The summed E-state index contributed by atoms with van der Waals surface area (Å²) in [7, 11) is 0. The maximum absolute atomic E-state index is 11.9. The molecule has 0 unspecified atom stereocenters. The first-order valence-electron chi connectivity index (χ1n) is 5.67. The largest absolute Gasteiger partial charge is 0.347 e. The monoisotopic (exact) mass is 323 g/mol. The summed E-state index contributed by atoms with van der Waals surface area (Å²) in [6.45, 7) is 2.52. The molecule has 1 amide bonds. The van der Waals surface area contributed by atoms with E-state index in [9.17, 15) is 4.79 Å². The molecule has 1 aromatic heterocycles. The van der Waals surface area contributed by atoms with Crippen LogP contribution in [0.4, 0.5) is 0 Å². The number of thiophene rings is 1. The van der Waals surface area contributed by atoms with Crippen molar-refractivity contribution in [1.82, 2.24) is 5.32 Å². The number of hydrogen-bond acceptors (Lipinski definition) is 2. The minimum absolute atomic E-state index is 0.00625. The van der Waals surface area contributed by atoms with Crippen LogP contribution >= 0.6 is 27.3 Å². The number of hydrogen-bond donors (Lipinski definition) is 1. The van der Waals surface area contributed by atoms with E-state index in [1.165, 1.54) is 16.9 Å². The smallest absolute Gasteiger partial charge is 0.261 e. The summed E-state index contributed by atoms with van der Waals surface area (Å²) in [5, 5.41) is 5.72. The highest BCUT2D eigenvalue weighted by atomic mass is 79.9. The van der Waals surface area contributed by atoms with Gasteiger partial charge in [0.2, 0.25) is 0 Å². The zero-order valence-electron chi connectivity index (χ0n) is 10.1. The van der Waals surface area contributed by atoms with Crippen molar-refractivity contribution in [3.05, 3.63) is 57.3 Å². The molecule has 18 heavy (non-hydrogen) atoms. The Kier molecular flexibility index (Phi) is 4.55. The quantitative estimate of drug-likeness (QED) is 0.850. The molecular formula is C14H14BrNOS. The molecular weight excluding hydrogens is 310 g/mol. The highest BCUT2D eigenvalue weighted by Crippen LogP contribution is 2.15. The van der Waals surface area contributed by atoms with Crippen LogP contribution in [-0.2, 0) is 11.9 Å². The van der Waals surface area contributed by atoms with Crippen molar-refractivity contribution in [3.8, 4) is 0 Å². The number of carbonyl (C=O) groups excluding carboxylic acids is 1. The fraction of sp³-hybridized carbons (Fsp3) is 0.214. The van der Waals surface area contributed by atoms with E-state index in [0.29, 0.717) is 6.54 Å². The molecule has 0 saturated carbocycles. The van der Waals surface area contributed by atoms with E-state index in [0.717, 1.165) is 21.3 Å². The van der Waals surface area contributed by atoms with Crippen LogP contribution in [0.25, 0.3) is 0 Å². The van der Waals surface area contributed by atoms with E-state index in [1.807, 2.05) is 30.5 Å². The lowest BCUT2D eigenvalue weighted by atomic mass is 10.1. The van der Waals surface area contributed by atoms with Crippen LogP contribution in [0.5, 0.6) is 0 Å². The second-order valence-corrected chi connectivity index (χ2v) is 5.55. The summed E-state index contributed by atoms with van der Waals surface area (Å²) in [4.78, 5) is 12.7. The van der Waals surface area contributed by atoms with Gasteiger partial charge in [0.25, 0.3) is 5.91 Å². The van der Waals surface area contributed by atoms with Gasteiger partial charge in [0.05, 0.1) is 4.88 Å². The van der Waals surface area contributed by atoms with Gasteiger partial charge in [0, 0.05) is 11.9 Å². The highest BCUT2D eigenvalue weighted by molar-refractivity contribution is 9.08. The zero-order valence-corrected chi connectivity index (χ0v) is 12.5. The topological polar surface area (TPSA) is 29.1 Å². The minimum Gasteiger partial charge on any atom is -0.347 e. The minimum atomic E-state index is 0.00625. The predicted molar refractivity (Wildman–Crippen MR) is 79.3 cm³/mol. The summed E-state index contributed by atoms with van der Waals surface area (Å²) >= 11 is 4.91. The van der Waals surface area contributed by atoms with Gasteiger partial charge in [-0.05, 0) is 35.1 Å². The van der Waals surface area contributed by atoms with E-state index in [-0.39, 0.29) is 5.91 Å². The van der Waals surface area contributed by atoms with Gasteiger partial charge in [-0.15, -0.1) is 11.3 Å². The molecule has 0 bridgehead atoms. The molecule has 0 aliphatic rings. The van der Waals surface area contributed by atoms with Crippen LogP contribution in [0.1, 0.15) is 26.4 Å². The summed E-state index contributed by atoms with van der Waals surface area (Å²) in [6.07, 6.45) is 0. The average Bonchev–Trinajstić information content (AvgIpc) is 2.82. The van der Waals surface area contributed by atoms with Crippen LogP contribution in [0, 0.1) is 6.92 Å². The number of halogens is 1. The molecule has 0 atom stereocenters. The summed E-state index contributed by atoms with van der Waals surface area (Å²) in [6, 6.07) is 10.1. The molecule has 94 valence electrons. The number of amides is 1. The second-order valence-electron chi connectivity index (χ2n) is 4.07. The molecule has 0 fully saturated rings. The zero-order chi connectivity index (χ0) is 13.0. The maximum atomic E-state index is 11.9. The molecule has 0 aliphatic heterocycles. The third-order valence-electron chi connectivity index (χ3n) is 2.67. The van der Waals surface area contributed by atoms with E-state index in [2.05, 4.69) is 33.4 Å². The molecule has 2 aromatic rings. The normalized spacial score (nSPS) is 10.3. The SMILES string of the molecule is Cc1ccsc1C(=O)NCc1cccc(CBr)c1. The molecule has 0 radical (unpaired) electrons. The van der Waals surface area contributed by atoms with Gasteiger partial charge in [-0.25, -0.2) is 0 Å². The van der Waals surface area contributed by atoms with Gasteiger partial charge < -0.3 is 5.32 Å². The van der Waals surface area contributed by atoms with Gasteiger partial charge in [0.1, 0.15) is 0 Å². The molecule has 2 rings (SSSR count). The van der Waals surface area contributed by atoms with E-state index < -0.39 is 0 Å².